The van der Waals surface area contributed by atoms with E-state index in [1.807, 2.05) is 0 Å². The highest BCUT2D eigenvalue weighted by Gasteiger charge is 2.33. The number of nitrogens with two attached hydrogens (primary N) is 1. The topological polar surface area (TPSA) is 113 Å². The van der Waals surface area contributed by atoms with E-state index in [0.717, 1.165) is 0 Å². The number of nitriles is 1. The van der Waals surface area contributed by atoms with E-state index < -0.39 is 17.7 Å². The Kier molecular flexibility index (Phi) is 6.73. The van der Waals surface area contributed by atoms with Crippen molar-refractivity contribution in [1.29, 1.82) is 5.26 Å². The molecule has 0 saturated carbocycles. The maximum atomic E-state index is 13.0. The number of esters is 1. The molecule has 8 nitrogen and oxygen atoms in total. The molecule has 0 radical (unpaired) electrons. The lowest BCUT2D eigenvalue weighted by molar-refractivity contribution is -0.136. The van der Waals surface area contributed by atoms with Gasteiger partial charge in [0.2, 0.25) is 5.88 Å². The Morgan fingerprint density at radius 3 is 2.37 bits per heavy atom. The first kappa shape index (κ1) is 23.4. The van der Waals surface area contributed by atoms with Crippen LogP contribution in [0.25, 0.3) is 0 Å². The minimum atomic E-state index is -0.667. The van der Waals surface area contributed by atoms with Gasteiger partial charge in [-0.15, -0.1) is 0 Å². The highest BCUT2D eigenvalue weighted by Crippen LogP contribution is 2.46. The Bertz CT molecular complexity index is 1330. The molecule has 3 aromatic carbocycles. The van der Waals surface area contributed by atoms with Gasteiger partial charge in [-0.25, -0.2) is 9.18 Å². The zero-order chi connectivity index (χ0) is 24.9. The molecule has 35 heavy (non-hydrogen) atoms. The zero-order valence-electron chi connectivity index (χ0n) is 18.9. The normalized spacial score (nSPS) is 14.3. The number of allylic oxidation sites excluding steroid dienone is 1. The van der Waals surface area contributed by atoms with Crippen LogP contribution in [0.15, 0.2) is 72.1 Å². The van der Waals surface area contributed by atoms with Crippen LogP contribution in [0.2, 0.25) is 0 Å². The summed E-state index contributed by atoms with van der Waals surface area (Å²) in [5.74, 6) is 0.249. The number of carbonyl (C=O) groups is 1. The maximum Gasteiger partial charge on any atom is 0.349 e. The molecule has 4 rings (SSSR count). The predicted molar refractivity (Wildman–Crippen MR) is 123 cm³/mol. The summed E-state index contributed by atoms with van der Waals surface area (Å²) in [5.41, 5.74) is 7.62. The van der Waals surface area contributed by atoms with Gasteiger partial charge in [-0.1, -0.05) is 12.1 Å². The van der Waals surface area contributed by atoms with Gasteiger partial charge in [0.15, 0.2) is 6.61 Å². The fourth-order valence-corrected chi connectivity index (χ4v) is 3.71. The third-order valence-corrected chi connectivity index (χ3v) is 5.34. The summed E-state index contributed by atoms with van der Waals surface area (Å²) >= 11 is 0. The molecule has 1 unspecified atom stereocenters. The van der Waals surface area contributed by atoms with Gasteiger partial charge >= 0.3 is 5.97 Å². The summed E-state index contributed by atoms with van der Waals surface area (Å²) < 4.78 is 40.1. The average molecular weight is 476 g/mol. The lowest BCUT2D eigenvalue weighted by Crippen LogP contribution is -2.22. The molecule has 0 aliphatic carbocycles. The van der Waals surface area contributed by atoms with Gasteiger partial charge in [0.05, 0.1) is 20.1 Å². The largest absolute Gasteiger partial charge is 0.497 e. The fourth-order valence-electron chi connectivity index (χ4n) is 3.71. The number of methoxy groups -OCH3 is 2. The van der Waals surface area contributed by atoms with Gasteiger partial charge in [-0.05, 0) is 36.4 Å². The van der Waals surface area contributed by atoms with Crippen molar-refractivity contribution < 1.29 is 32.9 Å². The predicted octanol–water partition coefficient (Wildman–Crippen LogP) is 4.05. The van der Waals surface area contributed by atoms with Crippen LogP contribution in [-0.2, 0) is 4.79 Å². The van der Waals surface area contributed by atoms with Gasteiger partial charge in [0.1, 0.15) is 46.2 Å². The molecule has 1 heterocycles. The Morgan fingerprint density at radius 1 is 1.00 bits per heavy atom. The minimum Gasteiger partial charge on any atom is -0.497 e. The smallest absolute Gasteiger partial charge is 0.349 e. The van der Waals surface area contributed by atoms with E-state index in [1.54, 1.807) is 37.4 Å². The molecular weight excluding hydrogens is 455 g/mol. The van der Waals surface area contributed by atoms with Crippen molar-refractivity contribution in [3.8, 4) is 34.8 Å². The standard InChI is InChI=1S/C26H21FN2O6/c1-31-17-7-9-19(22(11-17)32-2)25-20-10-8-18(12-23(20)35-26(29)21(25)13-28)34-24(30)14-33-16-5-3-15(27)4-6-16/h3-12,25H,14,29H2,1-2H3. The molecule has 1 aliphatic heterocycles. The Hall–Kier alpha value is -4.71. The summed E-state index contributed by atoms with van der Waals surface area (Å²) in [5, 5.41) is 9.79. The van der Waals surface area contributed by atoms with E-state index >= 15 is 0 Å². The highest BCUT2D eigenvalue weighted by atomic mass is 19.1. The second-order valence-corrected chi connectivity index (χ2v) is 7.45. The molecule has 1 aliphatic rings. The fraction of sp³-hybridized carbons (Fsp3) is 0.154. The Balaban J connectivity index is 1.59. The third-order valence-electron chi connectivity index (χ3n) is 5.34. The van der Waals surface area contributed by atoms with Crippen molar-refractivity contribution in [2.75, 3.05) is 20.8 Å². The van der Waals surface area contributed by atoms with Gasteiger partial charge < -0.3 is 29.4 Å². The zero-order valence-corrected chi connectivity index (χ0v) is 18.9. The first-order valence-electron chi connectivity index (χ1n) is 10.5. The number of carbonyl (C=O) groups excluding carboxylic acids is 1. The van der Waals surface area contributed by atoms with Crippen LogP contribution >= 0.6 is 0 Å². The maximum absolute atomic E-state index is 13.0. The van der Waals surface area contributed by atoms with Crippen molar-refractivity contribution in [3.05, 3.63) is 89.1 Å². The number of fused-ring (bicyclic) bond motifs is 1. The highest BCUT2D eigenvalue weighted by molar-refractivity contribution is 5.74. The van der Waals surface area contributed by atoms with E-state index in [4.69, 9.17) is 29.4 Å². The summed E-state index contributed by atoms with van der Waals surface area (Å²) in [6.45, 7) is -0.379. The van der Waals surface area contributed by atoms with Gasteiger partial charge in [0.25, 0.3) is 0 Å². The first-order chi connectivity index (χ1) is 16.9. The minimum absolute atomic E-state index is 0.0639. The van der Waals surface area contributed by atoms with Gasteiger partial charge in [0, 0.05) is 23.3 Å². The summed E-state index contributed by atoms with van der Waals surface area (Å²) in [6.07, 6.45) is 0. The molecule has 178 valence electrons. The monoisotopic (exact) mass is 476 g/mol. The number of halogens is 1. The SMILES string of the molecule is COc1ccc(C2C(C#N)=C(N)Oc3cc(OC(=O)COc4ccc(F)cc4)ccc32)c(OC)c1. The summed E-state index contributed by atoms with van der Waals surface area (Å²) in [7, 11) is 3.07. The van der Waals surface area contributed by atoms with Crippen LogP contribution < -0.4 is 29.4 Å². The Morgan fingerprint density at radius 2 is 1.69 bits per heavy atom. The van der Waals surface area contributed by atoms with E-state index in [0.29, 0.717) is 34.1 Å². The molecule has 0 saturated heterocycles. The second-order valence-electron chi connectivity index (χ2n) is 7.45. The van der Waals surface area contributed by atoms with Crippen LogP contribution in [0.5, 0.6) is 28.7 Å². The second kappa shape index (κ2) is 10.1. The average Bonchev–Trinajstić information content (AvgIpc) is 2.87. The van der Waals surface area contributed by atoms with Crippen molar-refractivity contribution in [2.45, 2.75) is 5.92 Å². The number of ether oxygens (including phenoxy) is 5. The van der Waals surface area contributed by atoms with Crippen molar-refractivity contribution in [3.63, 3.8) is 0 Å². The molecule has 0 aromatic heterocycles. The van der Waals surface area contributed by atoms with Crippen molar-refractivity contribution in [1.82, 2.24) is 0 Å². The molecule has 2 N–H and O–H groups in total. The van der Waals surface area contributed by atoms with Crippen LogP contribution in [-0.4, -0.2) is 26.8 Å². The quantitative estimate of drug-likeness (QED) is 0.402. The molecule has 9 heteroatoms. The van der Waals surface area contributed by atoms with Crippen LogP contribution in [0.1, 0.15) is 17.0 Å². The molecule has 0 fully saturated rings. The van der Waals surface area contributed by atoms with Gasteiger partial charge in [-0.2, -0.15) is 5.26 Å². The lowest BCUT2D eigenvalue weighted by Gasteiger charge is -2.27. The van der Waals surface area contributed by atoms with Crippen LogP contribution in [0.3, 0.4) is 0 Å². The van der Waals surface area contributed by atoms with Crippen LogP contribution in [0, 0.1) is 17.1 Å². The molecule has 0 amide bonds. The molecule has 0 spiro atoms. The van der Waals surface area contributed by atoms with E-state index in [2.05, 4.69) is 6.07 Å². The first-order valence-corrected chi connectivity index (χ1v) is 10.5. The number of rotatable bonds is 7. The number of nitrogens with zero attached hydrogens (tertiary/aromatic N) is 1. The Labute approximate surface area is 200 Å². The lowest BCUT2D eigenvalue weighted by atomic mass is 9.83. The number of hydrogen-bond acceptors (Lipinski definition) is 8. The van der Waals surface area contributed by atoms with E-state index in [-0.39, 0.29) is 23.8 Å². The molecule has 1 atom stereocenters. The third kappa shape index (κ3) is 4.96. The summed E-state index contributed by atoms with van der Waals surface area (Å²) in [6, 6.07) is 17.4. The molecular formula is C26H21FN2O6. The number of benzene rings is 3. The van der Waals surface area contributed by atoms with Crippen molar-refractivity contribution in [2.24, 2.45) is 5.73 Å². The molecule has 3 aromatic rings. The number of hydrogen-bond donors (Lipinski definition) is 1. The van der Waals surface area contributed by atoms with Crippen molar-refractivity contribution >= 4 is 5.97 Å². The van der Waals surface area contributed by atoms with E-state index in [9.17, 15) is 14.4 Å². The summed E-state index contributed by atoms with van der Waals surface area (Å²) in [4.78, 5) is 12.2. The van der Waals surface area contributed by atoms with Gasteiger partial charge in [-0.3, -0.25) is 0 Å². The molecule has 0 bridgehead atoms. The van der Waals surface area contributed by atoms with E-state index in [1.165, 1.54) is 37.4 Å². The van der Waals surface area contributed by atoms with Crippen LogP contribution in [0.4, 0.5) is 4.39 Å².